The van der Waals surface area contributed by atoms with E-state index >= 15 is 0 Å². The predicted octanol–water partition coefficient (Wildman–Crippen LogP) is 3.44. The summed E-state index contributed by atoms with van der Waals surface area (Å²) in [6.45, 7) is 1.63. The summed E-state index contributed by atoms with van der Waals surface area (Å²) in [5, 5.41) is 4.24. The van der Waals surface area contributed by atoms with Gasteiger partial charge in [-0.05, 0) is 25.1 Å². The van der Waals surface area contributed by atoms with Crippen molar-refractivity contribution in [3.05, 3.63) is 40.5 Å². The third-order valence-corrected chi connectivity index (χ3v) is 2.91. The van der Waals surface area contributed by atoms with E-state index in [1.165, 1.54) is 16.8 Å². The van der Waals surface area contributed by atoms with Gasteiger partial charge in [0, 0.05) is 0 Å². The fraction of sp³-hybridized carbons (Fsp3) is 0.182. The molecule has 3 nitrogen and oxygen atoms in total. The van der Waals surface area contributed by atoms with Gasteiger partial charge in [-0.15, -0.1) is 0 Å². The van der Waals surface area contributed by atoms with Crippen LogP contribution < -0.4 is 5.73 Å². The highest BCUT2D eigenvalue weighted by Gasteiger charge is 2.30. The summed E-state index contributed by atoms with van der Waals surface area (Å²) in [4.78, 5) is 0. The maximum Gasteiger partial charge on any atom is 0.416 e. The van der Waals surface area contributed by atoms with Gasteiger partial charge < -0.3 is 5.73 Å². The number of nitrogens with zero attached hydrogens (tertiary/aromatic N) is 2. The van der Waals surface area contributed by atoms with E-state index in [0.29, 0.717) is 5.69 Å². The summed E-state index contributed by atoms with van der Waals surface area (Å²) in [7, 11) is 0. The third-order valence-electron chi connectivity index (χ3n) is 2.44. The van der Waals surface area contributed by atoms with Gasteiger partial charge in [0.25, 0.3) is 0 Å². The number of aromatic nitrogens is 2. The Kier molecular flexibility index (Phi) is 2.98. The van der Waals surface area contributed by atoms with Crippen LogP contribution in [0.25, 0.3) is 5.69 Å². The lowest BCUT2D eigenvalue weighted by Crippen LogP contribution is -2.07. The Balaban J connectivity index is 2.55. The first-order valence-electron chi connectivity index (χ1n) is 4.99. The molecule has 0 aliphatic heterocycles. The average Bonchev–Trinajstić information content (AvgIpc) is 2.56. The smallest absolute Gasteiger partial charge is 0.382 e. The molecule has 0 atom stereocenters. The van der Waals surface area contributed by atoms with Gasteiger partial charge >= 0.3 is 6.18 Å². The zero-order valence-electron chi connectivity index (χ0n) is 9.29. The second-order valence-electron chi connectivity index (χ2n) is 3.74. The Hall–Kier alpha value is -1.69. The monoisotopic (exact) mass is 275 g/mol. The second-order valence-corrected chi connectivity index (χ2v) is 4.12. The summed E-state index contributed by atoms with van der Waals surface area (Å²) < 4.78 is 38.9. The fourth-order valence-corrected chi connectivity index (χ4v) is 1.65. The molecule has 0 saturated carbocycles. The Morgan fingerprint density at radius 2 is 2.00 bits per heavy atom. The molecule has 0 bridgehead atoms. The molecule has 1 aromatic heterocycles. The quantitative estimate of drug-likeness (QED) is 0.866. The van der Waals surface area contributed by atoms with Crippen molar-refractivity contribution in [1.29, 1.82) is 0 Å². The van der Waals surface area contributed by atoms with Crippen molar-refractivity contribution < 1.29 is 13.2 Å². The number of nitrogen functional groups attached to an aromatic ring is 1. The van der Waals surface area contributed by atoms with Gasteiger partial charge in [0.1, 0.15) is 10.8 Å². The molecule has 1 aromatic carbocycles. The summed E-state index contributed by atoms with van der Waals surface area (Å²) in [5.41, 5.74) is 5.61. The van der Waals surface area contributed by atoms with Crippen LogP contribution in [0.3, 0.4) is 0 Å². The van der Waals surface area contributed by atoms with Gasteiger partial charge in [-0.2, -0.15) is 18.3 Å². The Bertz CT molecular complexity index is 590. The largest absolute Gasteiger partial charge is 0.416 e. The molecule has 0 fully saturated rings. The van der Waals surface area contributed by atoms with Gasteiger partial charge in [-0.25, -0.2) is 4.68 Å². The highest BCUT2D eigenvalue weighted by Crippen LogP contribution is 2.31. The van der Waals surface area contributed by atoms with Crippen molar-refractivity contribution in [2.45, 2.75) is 13.1 Å². The molecule has 0 spiro atoms. The minimum Gasteiger partial charge on any atom is -0.382 e. The third kappa shape index (κ3) is 2.15. The number of alkyl halides is 3. The van der Waals surface area contributed by atoms with Gasteiger partial charge in [-0.3, -0.25) is 0 Å². The van der Waals surface area contributed by atoms with E-state index in [0.717, 1.165) is 12.1 Å². The van der Waals surface area contributed by atoms with Crippen molar-refractivity contribution in [2.24, 2.45) is 0 Å². The lowest BCUT2D eigenvalue weighted by Gasteiger charge is -2.09. The fourth-order valence-electron chi connectivity index (χ4n) is 1.54. The average molecular weight is 276 g/mol. The normalized spacial score (nSPS) is 11.8. The number of benzene rings is 1. The summed E-state index contributed by atoms with van der Waals surface area (Å²) in [5.74, 6) is 0.119. The first kappa shape index (κ1) is 12.8. The Labute approximate surface area is 106 Å². The Morgan fingerprint density at radius 3 is 2.50 bits per heavy atom. The lowest BCUT2D eigenvalue weighted by molar-refractivity contribution is -0.137. The number of hydrogen-bond acceptors (Lipinski definition) is 2. The molecular formula is C11H9ClF3N3. The second kappa shape index (κ2) is 4.20. The van der Waals surface area contributed by atoms with E-state index in [1.807, 2.05) is 0 Å². The molecule has 0 amide bonds. The zero-order chi connectivity index (χ0) is 13.5. The van der Waals surface area contributed by atoms with Crippen molar-refractivity contribution in [3.8, 4) is 5.69 Å². The summed E-state index contributed by atoms with van der Waals surface area (Å²) in [6, 6.07) is 4.73. The molecule has 0 radical (unpaired) electrons. The molecule has 2 rings (SSSR count). The first-order valence-corrected chi connectivity index (χ1v) is 5.36. The number of aryl methyl sites for hydroxylation is 1. The molecule has 0 aliphatic carbocycles. The van der Waals surface area contributed by atoms with Gasteiger partial charge in [0.05, 0.1) is 16.9 Å². The van der Waals surface area contributed by atoms with Crippen LogP contribution in [0.5, 0.6) is 0 Å². The maximum atomic E-state index is 12.6. The standard InChI is InChI=1S/C11H9ClF3N3/c1-6-9(12)10(16)18(17-6)8-4-2-3-7(5-8)11(13,14)15/h2-5H,16H2,1H3. The first-order chi connectivity index (χ1) is 8.30. The van der Waals surface area contributed by atoms with E-state index in [-0.39, 0.29) is 16.5 Å². The molecule has 1 heterocycles. The Morgan fingerprint density at radius 1 is 1.33 bits per heavy atom. The molecule has 7 heteroatoms. The van der Waals surface area contributed by atoms with E-state index in [4.69, 9.17) is 17.3 Å². The van der Waals surface area contributed by atoms with Crippen molar-refractivity contribution >= 4 is 17.4 Å². The van der Waals surface area contributed by atoms with Crippen LogP contribution >= 0.6 is 11.6 Å². The number of anilines is 1. The van der Waals surface area contributed by atoms with Gasteiger partial charge in [0.2, 0.25) is 0 Å². The molecular weight excluding hydrogens is 267 g/mol. The van der Waals surface area contributed by atoms with Crippen LogP contribution in [0.4, 0.5) is 19.0 Å². The maximum absolute atomic E-state index is 12.6. The van der Waals surface area contributed by atoms with Gasteiger partial charge in [0.15, 0.2) is 0 Å². The highest BCUT2D eigenvalue weighted by molar-refractivity contribution is 6.33. The van der Waals surface area contributed by atoms with Crippen LogP contribution in [0.15, 0.2) is 24.3 Å². The van der Waals surface area contributed by atoms with Crippen LogP contribution in [-0.4, -0.2) is 9.78 Å². The topological polar surface area (TPSA) is 43.8 Å². The molecule has 2 N–H and O–H groups in total. The molecule has 2 aromatic rings. The minimum atomic E-state index is -4.41. The molecule has 0 unspecified atom stereocenters. The SMILES string of the molecule is Cc1nn(-c2cccc(C(F)(F)F)c2)c(N)c1Cl. The van der Waals surface area contributed by atoms with Gasteiger partial charge in [-0.1, -0.05) is 17.7 Å². The zero-order valence-corrected chi connectivity index (χ0v) is 10.0. The van der Waals surface area contributed by atoms with Crippen LogP contribution in [0, 0.1) is 6.92 Å². The van der Waals surface area contributed by atoms with Crippen molar-refractivity contribution in [3.63, 3.8) is 0 Å². The van der Waals surface area contributed by atoms with Crippen LogP contribution in [-0.2, 0) is 6.18 Å². The molecule has 0 saturated heterocycles. The predicted molar refractivity (Wildman–Crippen MR) is 62.7 cm³/mol. The van der Waals surface area contributed by atoms with E-state index in [2.05, 4.69) is 5.10 Å². The molecule has 0 aliphatic rings. The van der Waals surface area contributed by atoms with Crippen LogP contribution in [0.1, 0.15) is 11.3 Å². The lowest BCUT2D eigenvalue weighted by atomic mass is 10.2. The summed E-state index contributed by atoms with van der Waals surface area (Å²) in [6.07, 6.45) is -4.41. The van der Waals surface area contributed by atoms with E-state index < -0.39 is 11.7 Å². The molecule has 96 valence electrons. The minimum absolute atomic E-state index is 0.119. The van der Waals surface area contributed by atoms with Crippen molar-refractivity contribution in [2.75, 3.05) is 5.73 Å². The van der Waals surface area contributed by atoms with Crippen LogP contribution in [0.2, 0.25) is 5.02 Å². The molecule has 18 heavy (non-hydrogen) atoms. The number of nitrogens with two attached hydrogens (primary N) is 1. The van der Waals surface area contributed by atoms with E-state index in [1.54, 1.807) is 6.92 Å². The number of rotatable bonds is 1. The number of halogens is 4. The number of hydrogen-bond donors (Lipinski definition) is 1. The summed E-state index contributed by atoms with van der Waals surface area (Å²) >= 11 is 5.85. The van der Waals surface area contributed by atoms with Crippen molar-refractivity contribution in [1.82, 2.24) is 9.78 Å². The van der Waals surface area contributed by atoms with E-state index in [9.17, 15) is 13.2 Å². The highest BCUT2D eigenvalue weighted by atomic mass is 35.5.